The molecule has 5 nitrogen and oxygen atoms in total. The molecule has 1 aromatic carbocycles. The monoisotopic (exact) mass is 374 g/mol. The molecule has 25 heavy (non-hydrogen) atoms. The molecule has 0 radical (unpaired) electrons. The summed E-state index contributed by atoms with van der Waals surface area (Å²) in [6.45, 7) is 3.40. The first-order chi connectivity index (χ1) is 11.6. The molecule has 0 spiro atoms. The van der Waals surface area contributed by atoms with Crippen LogP contribution in [0.15, 0.2) is 41.4 Å². The maximum Gasteiger partial charge on any atom is 0.410 e. The van der Waals surface area contributed by atoms with Gasteiger partial charge in [0.15, 0.2) is 6.04 Å². The summed E-state index contributed by atoms with van der Waals surface area (Å²) in [7, 11) is -3.25. The number of nitrogens with one attached hydrogen (secondary N) is 1. The van der Waals surface area contributed by atoms with Crippen LogP contribution in [0, 0.1) is 13.8 Å². The lowest BCUT2D eigenvalue weighted by molar-refractivity contribution is -0.153. The molecule has 1 atom stereocenters. The fraction of sp³-hybridized carbons (Fsp3) is 0.312. The first-order valence-electron chi connectivity index (χ1n) is 7.21. The molecular formula is C16H17F3N2O3S. The molecule has 1 unspecified atom stereocenters. The lowest BCUT2D eigenvalue weighted by Crippen LogP contribution is -2.38. The third-order valence-electron chi connectivity index (χ3n) is 3.65. The number of ether oxygens (including phenoxy) is 1. The van der Waals surface area contributed by atoms with Crippen molar-refractivity contribution in [3.05, 3.63) is 53.3 Å². The molecule has 136 valence electrons. The standard InChI is InChI=1S/C16H17F3N2O3S/c1-10-8-13(24-3)14(9-11(10)2)25(22,23)21-15(16(17,18)19)12-6-4-5-7-20-12/h4-9,15,21H,1-3H3. The van der Waals surface area contributed by atoms with Gasteiger partial charge in [0, 0.05) is 6.20 Å². The van der Waals surface area contributed by atoms with E-state index in [4.69, 9.17) is 4.74 Å². The van der Waals surface area contributed by atoms with Gasteiger partial charge in [-0.2, -0.15) is 17.9 Å². The van der Waals surface area contributed by atoms with E-state index in [1.54, 1.807) is 18.6 Å². The fourth-order valence-electron chi connectivity index (χ4n) is 2.19. The van der Waals surface area contributed by atoms with Crippen molar-refractivity contribution in [3.8, 4) is 5.75 Å². The molecule has 0 saturated heterocycles. The summed E-state index contributed by atoms with van der Waals surface area (Å²) in [6, 6.07) is 4.18. The predicted molar refractivity (Wildman–Crippen MR) is 85.8 cm³/mol. The summed E-state index contributed by atoms with van der Waals surface area (Å²) in [5.41, 5.74) is 0.928. The number of alkyl halides is 3. The number of halogens is 3. The Balaban J connectivity index is 2.51. The maximum atomic E-state index is 13.4. The molecule has 9 heteroatoms. The van der Waals surface area contributed by atoms with Crippen molar-refractivity contribution in [3.63, 3.8) is 0 Å². The summed E-state index contributed by atoms with van der Waals surface area (Å²) in [5.74, 6) is -0.0301. The second-order valence-corrected chi connectivity index (χ2v) is 7.12. The van der Waals surface area contributed by atoms with Crippen LogP contribution in [0.2, 0.25) is 0 Å². The summed E-state index contributed by atoms with van der Waals surface area (Å²) >= 11 is 0. The van der Waals surface area contributed by atoms with Gasteiger partial charge in [0.2, 0.25) is 10.0 Å². The minimum Gasteiger partial charge on any atom is -0.495 e. The van der Waals surface area contributed by atoms with Crippen molar-refractivity contribution in [2.24, 2.45) is 0 Å². The Bertz CT molecular complexity index is 853. The molecule has 0 saturated carbocycles. The third kappa shape index (κ3) is 4.29. The Morgan fingerprint density at radius 1 is 1.16 bits per heavy atom. The normalized spacial score (nSPS) is 13.5. The molecule has 2 rings (SSSR count). The molecule has 2 aromatic rings. The van der Waals surface area contributed by atoms with E-state index in [0.717, 1.165) is 11.6 Å². The van der Waals surface area contributed by atoms with Gasteiger partial charge in [-0.15, -0.1) is 0 Å². The van der Waals surface area contributed by atoms with Crippen molar-refractivity contribution >= 4 is 10.0 Å². The molecule has 0 aliphatic heterocycles. The Morgan fingerprint density at radius 2 is 1.80 bits per heavy atom. The van der Waals surface area contributed by atoms with E-state index in [2.05, 4.69) is 4.98 Å². The molecule has 0 aliphatic rings. The van der Waals surface area contributed by atoms with Crippen LogP contribution in [0.5, 0.6) is 5.75 Å². The molecule has 1 aromatic heterocycles. The highest BCUT2D eigenvalue weighted by molar-refractivity contribution is 7.89. The summed E-state index contributed by atoms with van der Waals surface area (Å²) in [4.78, 5) is 3.26. The molecule has 0 aliphatic carbocycles. The van der Waals surface area contributed by atoms with Crippen LogP contribution in [0.3, 0.4) is 0 Å². The number of benzene rings is 1. The Labute approximate surface area is 143 Å². The molecular weight excluding hydrogens is 357 g/mol. The third-order valence-corrected chi connectivity index (χ3v) is 5.10. The fourth-order valence-corrected chi connectivity index (χ4v) is 3.62. The van der Waals surface area contributed by atoms with Crippen molar-refractivity contribution in [2.75, 3.05) is 7.11 Å². The SMILES string of the molecule is COc1cc(C)c(C)cc1S(=O)(=O)NC(c1ccccn1)C(F)(F)F. The van der Waals surface area contributed by atoms with Gasteiger partial charge in [0.25, 0.3) is 0 Å². The zero-order valence-electron chi connectivity index (χ0n) is 13.8. The van der Waals surface area contributed by atoms with E-state index < -0.39 is 27.9 Å². The van der Waals surface area contributed by atoms with Crippen LogP contribution in [-0.2, 0) is 10.0 Å². The van der Waals surface area contributed by atoms with E-state index in [1.165, 1.54) is 37.6 Å². The van der Waals surface area contributed by atoms with Crippen LogP contribution >= 0.6 is 0 Å². The number of sulfonamides is 1. The topological polar surface area (TPSA) is 68.3 Å². The highest BCUT2D eigenvalue weighted by atomic mass is 32.2. The van der Waals surface area contributed by atoms with Crippen LogP contribution in [-0.4, -0.2) is 26.7 Å². The highest BCUT2D eigenvalue weighted by Crippen LogP contribution is 2.35. The van der Waals surface area contributed by atoms with Crippen LogP contribution < -0.4 is 9.46 Å². The van der Waals surface area contributed by atoms with Crippen molar-refractivity contribution < 1.29 is 26.3 Å². The molecule has 0 bridgehead atoms. The highest BCUT2D eigenvalue weighted by Gasteiger charge is 2.44. The smallest absolute Gasteiger partial charge is 0.410 e. The van der Waals surface area contributed by atoms with Gasteiger partial charge in [-0.3, -0.25) is 4.98 Å². The van der Waals surface area contributed by atoms with Crippen LogP contribution in [0.25, 0.3) is 0 Å². The van der Waals surface area contributed by atoms with E-state index in [9.17, 15) is 21.6 Å². The molecule has 0 amide bonds. The van der Waals surface area contributed by atoms with E-state index in [1.807, 2.05) is 0 Å². The average molecular weight is 374 g/mol. The van der Waals surface area contributed by atoms with Gasteiger partial charge in [0.05, 0.1) is 12.8 Å². The summed E-state index contributed by atoms with van der Waals surface area (Å²) in [6.07, 6.45) is -3.69. The molecule has 0 fully saturated rings. The van der Waals surface area contributed by atoms with Crippen molar-refractivity contribution in [1.82, 2.24) is 9.71 Å². The number of rotatable bonds is 5. The number of aryl methyl sites for hydroxylation is 2. The molecule has 1 N–H and O–H groups in total. The quantitative estimate of drug-likeness (QED) is 0.872. The second kappa shape index (κ2) is 7.01. The lowest BCUT2D eigenvalue weighted by atomic mass is 10.1. The van der Waals surface area contributed by atoms with Gasteiger partial charge in [-0.25, -0.2) is 8.42 Å². The minimum absolute atomic E-state index is 0.0301. The Kier molecular flexibility index (Phi) is 5.38. The lowest BCUT2D eigenvalue weighted by Gasteiger charge is -2.22. The number of nitrogens with zero attached hydrogens (tertiary/aromatic N) is 1. The van der Waals surface area contributed by atoms with Gasteiger partial charge >= 0.3 is 6.18 Å². The first kappa shape index (κ1) is 19.2. The predicted octanol–water partition coefficient (Wildman–Crippen LogP) is 3.29. The Hall–Kier alpha value is -2.13. The number of methoxy groups -OCH3 is 1. The van der Waals surface area contributed by atoms with E-state index in [-0.39, 0.29) is 10.6 Å². The van der Waals surface area contributed by atoms with Crippen LogP contribution in [0.4, 0.5) is 13.2 Å². The zero-order valence-corrected chi connectivity index (χ0v) is 14.6. The Morgan fingerprint density at radius 3 is 2.32 bits per heavy atom. The summed E-state index contributed by atoms with van der Waals surface area (Å²) in [5, 5.41) is 0. The van der Waals surface area contributed by atoms with Gasteiger partial charge in [0.1, 0.15) is 10.6 Å². The minimum atomic E-state index is -4.85. The van der Waals surface area contributed by atoms with Crippen LogP contribution in [0.1, 0.15) is 22.9 Å². The number of hydrogen-bond donors (Lipinski definition) is 1. The van der Waals surface area contributed by atoms with Crippen molar-refractivity contribution in [2.45, 2.75) is 31.0 Å². The number of hydrogen-bond acceptors (Lipinski definition) is 4. The maximum absolute atomic E-state index is 13.4. The number of pyridine rings is 1. The molecule has 1 heterocycles. The second-order valence-electron chi connectivity index (χ2n) is 5.44. The van der Waals surface area contributed by atoms with Gasteiger partial charge in [-0.1, -0.05) is 6.07 Å². The average Bonchev–Trinajstić information content (AvgIpc) is 2.54. The van der Waals surface area contributed by atoms with E-state index >= 15 is 0 Å². The first-order valence-corrected chi connectivity index (χ1v) is 8.70. The number of aromatic nitrogens is 1. The van der Waals surface area contributed by atoms with Crippen molar-refractivity contribution in [1.29, 1.82) is 0 Å². The van der Waals surface area contributed by atoms with E-state index in [0.29, 0.717) is 5.56 Å². The van der Waals surface area contributed by atoms with Gasteiger partial charge < -0.3 is 4.74 Å². The largest absolute Gasteiger partial charge is 0.495 e. The zero-order chi connectivity index (χ0) is 18.8. The summed E-state index contributed by atoms with van der Waals surface area (Å²) < 4.78 is 72.0. The van der Waals surface area contributed by atoms with Gasteiger partial charge in [-0.05, 0) is 49.2 Å².